The number of piperazine rings is 1. The predicted molar refractivity (Wildman–Crippen MR) is 125 cm³/mol. The molecule has 1 aliphatic rings. The summed E-state index contributed by atoms with van der Waals surface area (Å²) >= 11 is 6.11. The van der Waals surface area contributed by atoms with Crippen molar-refractivity contribution in [3.05, 3.63) is 77.4 Å². The van der Waals surface area contributed by atoms with Crippen LogP contribution in [0.3, 0.4) is 0 Å². The molecule has 7 nitrogen and oxygen atoms in total. The summed E-state index contributed by atoms with van der Waals surface area (Å²) in [5.41, 5.74) is 3.21. The van der Waals surface area contributed by atoms with Crippen molar-refractivity contribution in [2.45, 2.75) is 0 Å². The number of fused-ring (bicyclic) bond motifs is 1. The summed E-state index contributed by atoms with van der Waals surface area (Å²) in [5, 5.41) is 9.19. The Hall–Kier alpha value is -3.58. The molecule has 0 radical (unpaired) electrons. The lowest BCUT2D eigenvalue weighted by Crippen LogP contribution is -2.48. The lowest BCUT2D eigenvalue weighted by Gasteiger charge is -2.36. The van der Waals surface area contributed by atoms with Gasteiger partial charge in [-0.25, -0.2) is 0 Å². The number of carbonyl (C=O) groups excluding carboxylic acids is 1. The van der Waals surface area contributed by atoms with Crippen LogP contribution in [-0.4, -0.2) is 58.7 Å². The molecule has 32 heavy (non-hydrogen) atoms. The van der Waals surface area contributed by atoms with E-state index >= 15 is 0 Å². The Morgan fingerprint density at radius 1 is 0.969 bits per heavy atom. The van der Waals surface area contributed by atoms with Gasteiger partial charge in [-0.2, -0.15) is 0 Å². The number of rotatable bonds is 4. The fourth-order valence-electron chi connectivity index (χ4n) is 4.01. The summed E-state index contributed by atoms with van der Waals surface area (Å²) < 4.78 is 7.19. The highest BCUT2D eigenvalue weighted by molar-refractivity contribution is 6.30. The summed E-state index contributed by atoms with van der Waals surface area (Å²) in [6, 6.07) is 19.1. The second-order valence-electron chi connectivity index (χ2n) is 7.66. The molecule has 2 aromatic carbocycles. The normalized spacial score (nSPS) is 14.1. The fraction of sp³-hybridized carbons (Fsp3) is 0.208. The number of pyridine rings is 1. The third-order valence-electron chi connectivity index (χ3n) is 5.73. The van der Waals surface area contributed by atoms with E-state index in [4.69, 9.17) is 16.3 Å². The van der Waals surface area contributed by atoms with E-state index in [0.29, 0.717) is 35.1 Å². The van der Waals surface area contributed by atoms with Gasteiger partial charge in [0, 0.05) is 60.3 Å². The first-order valence-electron chi connectivity index (χ1n) is 10.4. The fourth-order valence-corrected chi connectivity index (χ4v) is 4.20. The molecule has 0 aliphatic carbocycles. The smallest absolute Gasteiger partial charge is 0.254 e. The van der Waals surface area contributed by atoms with Gasteiger partial charge in [0.1, 0.15) is 5.75 Å². The monoisotopic (exact) mass is 447 g/mol. The van der Waals surface area contributed by atoms with Crippen molar-refractivity contribution in [2.75, 3.05) is 38.2 Å². The minimum absolute atomic E-state index is 0.00472. The zero-order valence-electron chi connectivity index (χ0n) is 17.6. The first-order chi connectivity index (χ1) is 15.6. The van der Waals surface area contributed by atoms with Crippen LogP contribution in [0.25, 0.3) is 17.0 Å². The molecule has 0 unspecified atom stereocenters. The van der Waals surface area contributed by atoms with E-state index < -0.39 is 0 Å². The highest BCUT2D eigenvalue weighted by Crippen LogP contribution is 2.24. The summed E-state index contributed by atoms with van der Waals surface area (Å²) in [4.78, 5) is 17.3. The molecule has 0 saturated carbocycles. The number of ether oxygens (including phenoxy) is 1. The molecule has 1 fully saturated rings. The number of benzene rings is 2. The first kappa shape index (κ1) is 20.3. The molecule has 8 heteroatoms. The van der Waals surface area contributed by atoms with E-state index in [1.807, 2.05) is 64.0 Å². The molecular weight excluding hydrogens is 426 g/mol. The van der Waals surface area contributed by atoms with E-state index in [-0.39, 0.29) is 5.91 Å². The molecule has 5 rings (SSSR count). The average Bonchev–Trinajstić information content (AvgIpc) is 3.27. The Bertz CT molecular complexity index is 1280. The molecule has 162 valence electrons. The first-order valence-corrected chi connectivity index (χ1v) is 10.8. The highest BCUT2D eigenvalue weighted by atomic mass is 35.5. The zero-order valence-corrected chi connectivity index (χ0v) is 18.4. The minimum Gasteiger partial charge on any atom is -0.497 e. The lowest BCUT2D eigenvalue weighted by molar-refractivity contribution is 0.0746. The molecule has 2 aromatic heterocycles. The number of halogens is 1. The van der Waals surface area contributed by atoms with E-state index in [1.54, 1.807) is 13.2 Å². The molecule has 3 heterocycles. The number of anilines is 1. The SMILES string of the molecule is COc1cccc(N2CCN(C(=O)c3ccn4c(-c5cccc(Cl)c5)nnc4c3)CC2)c1. The molecule has 0 spiro atoms. The van der Waals surface area contributed by atoms with Gasteiger partial charge >= 0.3 is 0 Å². The van der Waals surface area contributed by atoms with Crippen LogP contribution in [0.4, 0.5) is 5.69 Å². The van der Waals surface area contributed by atoms with Crippen molar-refractivity contribution in [2.24, 2.45) is 0 Å². The largest absolute Gasteiger partial charge is 0.497 e. The number of aromatic nitrogens is 3. The van der Waals surface area contributed by atoms with Crippen LogP contribution in [0.2, 0.25) is 5.02 Å². The number of hydrogen-bond donors (Lipinski definition) is 0. The quantitative estimate of drug-likeness (QED) is 0.473. The number of carbonyl (C=O) groups is 1. The van der Waals surface area contributed by atoms with Gasteiger partial charge in [0.25, 0.3) is 5.91 Å². The van der Waals surface area contributed by atoms with Crippen molar-refractivity contribution >= 4 is 28.8 Å². The zero-order chi connectivity index (χ0) is 22.1. The van der Waals surface area contributed by atoms with Crippen molar-refractivity contribution in [1.29, 1.82) is 0 Å². The van der Waals surface area contributed by atoms with Gasteiger partial charge in [0.2, 0.25) is 0 Å². The second-order valence-corrected chi connectivity index (χ2v) is 8.09. The Morgan fingerprint density at radius 2 is 1.78 bits per heavy atom. The van der Waals surface area contributed by atoms with Gasteiger partial charge in [-0.05, 0) is 36.4 Å². The topological polar surface area (TPSA) is 63.0 Å². The molecular formula is C24H22ClN5O2. The van der Waals surface area contributed by atoms with E-state index in [1.165, 1.54) is 0 Å². The Morgan fingerprint density at radius 3 is 2.56 bits per heavy atom. The maximum atomic E-state index is 13.1. The minimum atomic E-state index is 0.00472. The second kappa shape index (κ2) is 8.51. The van der Waals surface area contributed by atoms with Crippen LogP contribution >= 0.6 is 11.6 Å². The van der Waals surface area contributed by atoms with Crippen LogP contribution in [0.15, 0.2) is 66.9 Å². The molecule has 0 atom stereocenters. The van der Waals surface area contributed by atoms with Gasteiger partial charge in [-0.15, -0.1) is 10.2 Å². The summed E-state index contributed by atoms with van der Waals surface area (Å²) in [6.45, 7) is 2.85. The van der Waals surface area contributed by atoms with Crippen LogP contribution in [0.1, 0.15) is 10.4 Å². The van der Waals surface area contributed by atoms with Crippen LogP contribution in [-0.2, 0) is 0 Å². The van der Waals surface area contributed by atoms with Crippen molar-refractivity contribution in [3.8, 4) is 17.1 Å². The van der Waals surface area contributed by atoms with Gasteiger partial charge in [0.05, 0.1) is 7.11 Å². The Labute approximate surface area is 190 Å². The Kier molecular flexibility index (Phi) is 5.41. The van der Waals surface area contributed by atoms with Gasteiger partial charge in [-0.1, -0.05) is 29.8 Å². The molecule has 0 bridgehead atoms. The van der Waals surface area contributed by atoms with E-state index in [2.05, 4.69) is 21.2 Å². The third-order valence-corrected chi connectivity index (χ3v) is 5.96. The maximum absolute atomic E-state index is 13.1. The number of hydrogen-bond acceptors (Lipinski definition) is 5. The molecule has 1 amide bonds. The average molecular weight is 448 g/mol. The van der Waals surface area contributed by atoms with Crippen molar-refractivity contribution in [3.63, 3.8) is 0 Å². The Balaban J connectivity index is 1.31. The summed E-state index contributed by atoms with van der Waals surface area (Å²) in [6.07, 6.45) is 1.84. The summed E-state index contributed by atoms with van der Waals surface area (Å²) in [7, 11) is 1.67. The standard InChI is InChI=1S/C24H22ClN5O2/c1-32-21-7-3-6-20(16-21)28-10-12-29(13-11-28)24(31)18-8-9-30-22(15-18)26-27-23(30)17-4-2-5-19(25)14-17/h2-9,14-16H,10-13H2,1H3. The van der Waals surface area contributed by atoms with Gasteiger partial charge in [-0.3, -0.25) is 9.20 Å². The van der Waals surface area contributed by atoms with Gasteiger partial charge < -0.3 is 14.5 Å². The van der Waals surface area contributed by atoms with Crippen LogP contribution in [0, 0.1) is 0 Å². The van der Waals surface area contributed by atoms with Crippen molar-refractivity contribution < 1.29 is 9.53 Å². The van der Waals surface area contributed by atoms with Crippen LogP contribution < -0.4 is 9.64 Å². The molecule has 1 saturated heterocycles. The number of methoxy groups -OCH3 is 1. The van der Waals surface area contributed by atoms with Crippen molar-refractivity contribution in [1.82, 2.24) is 19.5 Å². The van der Waals surface area contributed by atoms with E-state index in [0.717, 1.165) is 30.1 Å². The number of nitrogens with zero attached hydrogens (tertiary/aromatic N) is 5. The highest BCUT2D eigenvalue weighted by Gasteiger charge is 2.23. The van der Waals surface area contributed by atoms with E-state index in [9.17, 15) is 4.79 Å². The molecule has 4 aromatic rings. The lowest BCUT2D eigenvalue weighted by atomic mass is 10.2. The molecule has 1 aliphatic heterocycles. The summed E-state index contributed by atoms with van der Waals surface area (Å²) in [5.74, 6) is 1.53. The third kappa shape index (κ3) is 3.87. The van der Waals surface area contributed by atoms with Crippen LogP contribution in [0.5, 0.6) is 5.75 Å². The number of amides is 1. The van der Waals surface area contributed by atoms with Gasteiger partial charge in [0.15, 0.2) is 11.5 Å². The maximum Gasteiger partial charge on any atom is 0.254 e. The molecule has 0 N–H and O–H groups in total. The predicted octanol–water partition coefficient (Wildman–Crippen LogP) is 4.02.